The molecule has 1 aliphatic heterocycles. The Bertz CT molecular complexity index is 970. The average Bonchev–Trinajstić information content (AvgIpc) is 2.82. The predicted octanol–water partition coefficient (Wildman–Crippen LogP) is 4.97. The van der Waals surface area contributed by atoms with E-state index < -0.39 is 22.8 Å². The van der Waals surface area contributed by atoms with Crippen LogP contribution in [0.4, 0.5) is 5.69 Å². The van der Waals surface area contributed by atoms with E-state index in [2.05, 4.69) is 12.2 Å². The molecule has 2 rings (SSSR count). The summed E-state index contributed by atoms with van der Waals surface area (Å²) >= 11 is 0. The van der Waals surface area contributed by atoms with Gasteiger partial charge in [0.05, 0.1) is 35.2 Å². The summed E-state index contributed by atoms with van der Waals surface area (Å²) in [5.41, 5.74) is 6.99. The number of benzene rings is 1. The van der Waals surface area contributed by atoms with Crippen molar-refractivity contribution in [2.45, 2.75) is 78.1 Å². The molecule has 1 heterocycles. The zero-order valence-electron chi connectivity index (χ0n) is 20.9. The highest BCUT2D eigenvalue weighted by Crippen LogP contribution is 2.39. The van der Waals surface area contributed by atoms with Crippen LogP contribution in [0.25, 0.3) is 0 Å². The molecule has 9 nitrogen and oxygen atoms in total. The van der Waals surface area contributed by atoms with Crippen LogP contribution in [0.15, 0.2) is 46.9 Å². The number of allylic oxidation sites excluding steroid dienone is 1. The maximum absolute atomic E-state index is 13.2. The molecule has 0 amide bonds. The molecule has 0 saturated carbocycles. The summed E-state index contributed by atoms with van der Waals surface area (Å²) in [7, 11) is 0. The van der Waals surface area contributed by atoms with Gasteiger partial charge in [0.25, 0.3) is 5.69 Å². The highest BCUT2D eigenvalue weighted by molar-refractivity contribution is 5.99. The highest BCUT2D eigenvalue weighted by Gasteiger charge is 2.39. The van der Waals surface area contributed by atoms with E-state index in [9.17, 15) is 19.7 Å². The fraction of sp³-hybridized carbons (Fsp3) is 0.538. The third-order valence-corrected chi connectivity index (χ3v) is 5.95. The minimum Gasteiger partial charge on any atom is -0.463 e. The summed E-state index contributed by atoms with van der Waals surface area (Å²) < 4.78 is 10.7. The first-order chi connectivity index (χ1) is 16.8. The summed E-state index contributed by atoms with van der Waals surface area (Å²) in [4.78, 5) is 36.8. The lowest BCUT2D eigenvalue weighted by Gasteiger charge is -2.30. The van der Waals surface area contributed by atoms with Crippen LogP contribution in [0, 0.1) is 10.1 Å². The maximum atomic E-state index is 13.2. The number of non-ortho nitro benzene ring substituents is 1. The van der Waals surface area contributed by atoms with Crippen molar-refractivity contribution < 1.29 is 24.0 Å². The van der Waals surface area contributed by atoms with E-state index in [0.717, 1.165) is 19.3 Å². The monoisotopic (exact) mass is 487 g/mol. The van der Waals surface area contributed by atoms with Gasteiger partial charge in [-0.25, -0.2) is 9.59 Å². The molecule has 35 heavy (non-hydrogen) atoms. The Kier molecular flexibility index (Phi) is 11.3. The van der Waals surface area contributed by atoms with Crippen molar-refractivity contribution in [3.05, 3.63) is 62.6 Å². The Morgan fingerprint density at radius 1 is 1.00 bits per heavy atom. The van der Waals surface area contributed by atoms with Gasteiger partial charge in [-0.2, -0.15) is 0 Å². The van der Waals surface area contributed by atoms with Crippen LogP contribution in [0.1, 0.15) is 83.6 Å². The van der Waals surface area contributed by atoms with Gasteiger partial charge in [0, 0.05) is 17.8 Å². The Labute approximate surface area is 206 Å². The number of ether oxygens (including phenoxy) is 2. The van der Waals surface area contributed by atoms with Crippen molar-refractivity contribution >= 4 is 17.6 Å². The lowest BCUT2D eigenvalue weighted by Crippen LogP contribution is -2.36. The molecule has 192 valence electrons. The molecule has 3 N–H and O–H groups in total. The van der Waals surface area contributed by atoms with Gasteiger partial charge in [-0.3, -0.25) is 10.1 Å². The number of nitrogens with one attached hydrogen (secondary N) is 1. The molecule has 0 bridgehead atoms. The number of nitro groups is 1. The van der Waals surface area contributed by atoms with Gasteiger partial charge in [-0.15, -0.1) is 0 Å². The molecule has 0 aromatic heterocycles. The topological polar surface area (TPSA) is 134 Å². The van der Waals surface area contributed by atoms with Gasteiger partial charge in [-0.05, 0) is 25.8 Å². The van der Waals surface area contributed by atoms with E-state index in [4.69, 9.17) is 15.2 Å². The van der Waals surface area contributed by atoms with Crippen molar-refractivity contribution in [3.8, 4) is 0 Å². The van der Waals surface area contributed by atoms with Crippen LogP contribution in [0.3, 0.4) is 0 Å². The third-order valence-electron chi connectivity index (χ3n) is 5.95. The third kappa shape index (κ3) is 7.83. The van der Waals surface area contributed by atoms with Gasteiger partial charge in [0.2, 0.25) is 0 Å². The summed E-state index contributed by atoms with van der Waals surface area (Å²) in [6.07, 6.45) is 8.92. The number of nitrogens with zero attached hydrogens (tertiary/aromatic N) is 1. The summed E-state index contributed by atoms with van der Waals surface area (Å²) in [6, 6.07) is 5.81. The molecule has 1 aromatic carbocycles. The second-order valence-corrected chi connectivity index (χ2v) is 8.61. The zero-order valence-corrected chi connectivity index (χ0v) is 20.9. The Morgan fingerprint density at radius 3 is 2.26 bits per heavy atom. The molecule has 1 aliphatic rings. The molecule has 0 spiro atoms. The first kappa shape index (κ1) is 27.9. The van der Waals surface area contributed by atoms with Crippen LogP contribution < -0.4 is 11.1 Å². The zero-order chi connectivity index (χ0) is 25.8. The molecule has 0 aliphatic carbocycles. The summed E-state index contributed by atoms with van der Waals surface area (Å²) in [5, 5.41) is 14.2. The van der Waals surface area contributed by atoms with Gasteiger partial charge >= 0.3 is 11.9 Å². The van der Waals surface area contributed by atoms with Gasteiger partial charge in [0.15, 0.2) is 0 Å². The predicted molar refractivity (Wildman–Crippen MR) is 133 cm³/mol. The number of unbranched alkanes of at least 4 members (excludes halogenated alkanes) is 7. The molecule has 0 saturated heterocycles. The lowest BCUT2D eigenvalue weighted by molar-refractivity contribution is -0.384. The molecular formula is C26H37N3O6. The van der Waals surface area contributed by atoms with E-state index in [0.29, 0.717) is 11.3 Å². The van der Waals surface area contributed by atoms with Crippen molar-refractivity contribution in [3.63, 3.8) is 0 Å². The largest absolute Gasteiger partial charge is 0.463 e. The first-order valence-corrected chi connectivity index (χ1v) is 12.4. The molecule has 1 unspecified atom stereocenters. The van der Waals surface area contributed by atoms with E-state index >= 15 is 0 Å². The number of dihydropyridines is 1. The van der Waals surface area contributed by atoms with Crippen LogP contribution >= 0.6 is 0 Å². The second kappa shape index (κ2) is 14.1. The number of carbonyl (C=O) groups excluding carboxylic acids is 2. The minimum atomic E-state index is -0.957. The summed E-state index contributed by atoms with van der Waals surface area (Å²) in [6.45, 7) is 5.87. The minimum absolute atomic E-state index is 0.0250. The Balaban J connectivity index is 2.20. The number of nitrogens with two attached hydrogens (primary N) is 1. The van der Waals surface area contributed by atoms with Crippen molar-refractivity contribution in [1.29, 1.82) is 0 Å². The maximum Gasteiger partial charge on any atom is 0.338 e. The Hall–Kier alpha value is -3.36. The molecular weight excluding hydrogens is 450 g/mol. The number of rotatable bonds is 14. The number of hydrogen-bond donors (Lipinski definition) is 2. The molecule has 1 atom stereocenters. The average molecular weight is 488 g/mol. The van der Waals surface area contributed by atoms with E-state index in [1.165, 1.54) is 50.3 Å². The van der Waals surface area contributed by atoms with Crippen LogP contribution in [0.2, 0.25) is 0 Å². The number of esters is 2. The normalized spacial score (nSPS) is 15.6. The van der Waals surface area contributed by atoms with E-state index in [1.807, 2.05) is 0 Å². The van der Waals surface area contributed by atoms with E-state index in [1.54, 1.807) is 19.9 Å². The van der Waals surface area contributed by atoms with Crippen molar-refractivity contribution in [2.75, 3.05) is 13.2 Å². The van der Waals surface area contributed by atoms with Crippen molar-refractivity contribution in [1.82, 2.24) is 5.32 Å². The van der Waals surface area contributed by atoms with Gasteiger partial charge in [-0.1, -0.05) is 64.0 Å². The fourth-order valence-electron chi connectivity index (χ4n) is 4.19. The SMILES string of the molecule is CCCCCCCCCCOC(=O)C1=C(C)NC(N)=C(C(=O)OCC)C1c1cccc([N+](=O)[O-])c1. The lowest BCUT2D eigenvalue weighted by atomic mass is 9.81. The van der Waals surface area contributed by atoms with Crippen LogP contribution in [-0.4, -0.2) is 30.1 Å². The molecule has 0 radical (unpaired) electrons. The number of nitro benzene ring substituents is 1. The van der Waals surface area contributed by atoms with Gasteiger partial charge in [0.1, 0.15) is 5.82 Å². The highest BCUT2D eigenvalue weighted by atomic mass is 16.6. The standard InChI is InChI=1S/C26H37N3O6/c1-4-6-7-8-9-10-11-12-16-35-25(30)21-18(3)28-24(27)23(26(31)34-5-2)22(21)19-14-13-15-20(17-19)29(32)33/h13-15,17,22,28H,4-12,16,27H2,1-3H3. The smallest absolute Gasteiger partial charge is 0.338 e. The van der Waals surface area contributed by atoms with E-state index in [-0.39, 0.29) is 35.9 Å². The molecule has 0 fully saturated rings. The fourth-order valence-corrected chi connectivity index (χ4v) is 4.19. The number of carbonyl (C=O) groups is 2. The van der Waals surface area contributed by atoms with Crippen molar-refractivity contribution in [2.24, 2.45) is 5.73 Å². The summed E-state index contributed by atoms with van der Waals surface area (Å²) in [5.74, 6) is -2.21. The number of hydrogen-bond acceptors (Lipinski definition) is 8. The molecule has 9 heteroatoms. The first-order valence-electron chi connectivity index (χ1n) is 12.4. The Morgan fingerprint density at radius 2 is 1.63 bits per heavy atom. The molecule has 1 aromatic rings. The second-order valence-electron chi connectivity index (χ2n) is 8.61. The van der Waals surface area contributed by atoms with Gasteiger partial charge < -0.3 is 20.5 Å². The quantitative estimate of drug-likeness (QED) is 0.162. The van der Waals surface area contributed by atoms with Crippen LogP contribution in [-0.2, 0) is 19.1 Å². The van der Waals surface area contributed by atoms with Crippen LogP contribution in [0.5, 0.6) is 0 Å².